The Morgan fingerprint density at radius 3 is 2.86 bits per heavy atom. The quantitative estimate of drug-likeness (QED) is 0.689. The van der Waals surface area contributed by atoms with Crippen LogP contribution in [0.1, 0.15) is 51.2 Å². The van der Waals surface area contributed by atoms with Gasteiger partial charge in [-0.3, -0.25) is 9.36 Å². The summed E-state index contributed by atoms with van der Waals surface area (Å²) in [4.78, 5) is 12.5. The molecular weight excluding hydrogens is 388 g/mol. The number of rotatable bonds is 7. The van der Waals surface area contributed by atoms with E-state index in [1.807, 2.05) is 13.0 Å². The first-order valence-electron chi connectivity index (χ1n) is 10.6. The van der Waals surface area contributed by atoms with Crippen molar-refractivity contribution in [1.29, 1.82) is 0 Å². The number of carbonyl (C=O) groups is 1. The lowest BCUT2D eigenvalue weighted by Gasteiger charge is -2.29. The van der Waals surface area contributed by atoms with Gasteiger partial charge in [0.1, 0.15) is 5.76 Å². The molecule has 1 N–H and O–H groups in total. The highest BCUT2D eigenvalue weighted by atomic mass is 32.2. The Kier molecular flexibility index (Phi) is 6.60. The van der Waals surface area contributed by atoms with Gasteiger partial charge in [-0.1, -0.05) is 31.5 Å². The number of aromatic nitrogens is 3. The van der Waals surface area contributed by atoms with E-state index in [1.165, 1.54) is 31.0 Å². The van der Waals surface area contributed by atoms with E-state index in [0.29, 0.717) is 24.3 Å². The number of amides is 1. The molecule has 3 heterocycles. The third-order valence-corrected chi connectivity index (χ3v) is 6.98. The predicted octanol–water partition coefficient (Wildman–Crippen LogP) is 3.81. The normalized spacial score (nSPS) is 24.7. The Bertz CT molecular complexity index is 828. The van der Waals surface area contributed by atoms with Gasteiger partial charge in [-0.2, -0.15) is 0 Å². The van der Waals surface area contributed by atoms with Crippen molar-refractivity contribution in [1.82, 2.24) is 20.1 Å². The Labute approximate surface area is 176 Å². The monoisotopic (exact) mass is 418 g/mol. The molecule has 158 valence electrons. The van der Waals surface area contributed by atoms with Crippen molar-refractivity contribution in [2.24, 2.45) is 5.92 Å². The second-order valence-corrected chi connectivity index (χ2v) is 9.11. The third-order valence-electron chi connectivity index (χ3n) is 6.02. The van der Waals surface area contributed by atoms with Crippen LogP contribution in [0.5, 0.6) is 0 Å². The molecule has 0 aromatic carbocycles. The zero-order chi connectivity index (χ0) is 20.2. The van der Waals surface area contributed by atoms with Crippen LogP contribution in [0.3, 0.4) is 0 Å². The van der Waals surface area contributed by atoms with Crippen LogP contribution in [0, 0.1) is 12.8 Å². The first-order valence-corrected chi connectivity index (χ1v) is 11.6. The summed E-state index contributed by atoms with van der Waals surface area (Å²) in [5.41, 5.74) is 0.933. The highest BCUT2D eigenvalue weighted by Gasteiger charge is 2.25. The number of ether oxygens (including phenoxy) is 1. The summed E-state index contributed by atoms with van der Waals surface area (Å²) in [6.07, 6.45) is 8.69. The molecule has 2 aromatic rings. The van der Waals surface area contributed by atoms with Gasteiger partial charge in [0.2, 0.25) is 5.91 Å². The molecule has 1 amide bonds. The third kappa shape index (κ3) is 4.86. The smallest absolute Gasteiger partial charge is 0.230 e. The van der Waals surface area contributed by atoms with Gasteiger partial charge >= 0.3 is 0 Å². The average Bonchev–Trinajstić information content (AvgIpc) is 3.44. The van der Waals surface area contributed by atoms with E-state index in [2.05, 4.69) is 27.0 Å². The minimum atomic E-state index is 0.0708. The summed E-state index contributed by atoms with van der Waals surface area (Å²) in [6, 6.07) is 2.21. The van der Waals surface area contributed by atoms with Crippen LogP contribution in [-0.4, -0.2) is 45.2 Å². The zero-order valence-corrected chi connectivity index (χ0v) is 18.0. The number of furan rings is 1. The zero-order valence-electron chi connectivity index (χ0n) is 17.2. The second-order valence-electron chi connectivity index (χ2n) is 8.17. The van der Waals surface area contributed by atoms with Crippen molar-refractivity contribution in [2.45, 2.75) is 76.2 Å². The fourth-order valence-electron chi connectivity index (χ4n) is 4.28. The standard InChI is InChI=1S/C21H30N4O3S/c1-14-6-3-4-8-18(14)22-19(26)13-29-21-24-23-20(17-9-11-27-15(17)2)25(21)12-16-7-5-10-28-16/h9,11,14,16,18H,3-8,10,12-13H2,1-2H3,(H,22,26)/t14-,16+,18-/m0/s1. The fourth-order valence-corrected chi connectivity index (χ4v) is 5.04. The Morgan fingerprint density at radius 2 is 2.14 bits per heavy atom. The SMILES string of the molecule is Cc1occc1-c1nnc(SCC(=O)N[C@H]2CCCC[C@@H]2C)n1C[C@H]1CCCO1. The van der Waals surface area contributed by atoms with Crippen molar-refractivity contribution in [3.8, 4) is 11.4 Å². The van der Waals surface area contributed by atoms with Crippen molar-refractivity contribution < 1.29 is 13.9 Å². The number of thioether (sulfide) groups is 1. The van der Waals surface area contributed by atoms with E-state index in [1.54, 1.807) is 6.26 Å². The van der Waals surface area contributed by atoms with Gasteiger partial charge in [-0.25, -0.2) is 0 Å². The van der Waals surface area contributed by atoms with Crippen LogP contribution >= 0.6 is 11.8 Å². The summed E-state index contributed by atoms with van der Waals surface area (Å²) < 4.78 is 13.4. The van der Waals surface area contributed by atoms with Gasteiger partial charge in [-0.15, -0.1) is 10.2 Å². The van der Waals surface area contributed by atoms with E-state index in [9.17, 15) is 4.79 Å². The summed E-state index contributed by atoms with van der Waals surface area (Å²) in [6.45, 7) is 5.65. The van der Waals surface area contributed by atoms with Gasteiger partial charge < -0.3 is 14.5 Å². The van der Waals surface area contributed by atoms with Crippen molar-refractivity contribution in [2.75, 3.05) is 12.4 Å². The number of hydrogen-bond acceptors (Lipinski definition) is 6. The molecule has 2 aromatic heterocycles. The van der Waals surface area contributed by atoms with Crippen LogP contribution in [0.25, 0.3) is 11.4 Å². The first kappa shape index (κ1) is 20.5. The molecule has 2 aliphatic rings. The molecule has 7 nitrogen and oxygen atoms in total. The lowest BCUT2D eigenvalue weighted by Crippen LogP contribution is -2.41. The van der Waals surface area contributed by atoms with Crippen LogP contribution in [0.2, 0.25) is 0 Å². The van der Waals surface area contributed by atoms with Crippen molar-refractivity contribution in [3.63, 3.8) is 0 Å². The number of nitrogens with zero attached hydrogens (tertiary/aromatic N) is 3. The molecule has 1 aliphatic carbocycles. The molecule has 1 aliphatic heterocycles. The van der Waals surface area contributed by atoms with E-state index >= 15 is 0 Å². The second kappa shape index (κ2) is 9.34. The van der Waals surface area contributed by atoms with Crippen LogP contribution in [0.15, 0.2) is 21.9 Å². The van der Waals surface area contributed by atoms with Gasteiger partial charge in [0.05, 0.1) is 30.2 Å². The highest BCUT2D eigenvalue weighted by Crippen LogP contribution is 2.29. The largest absolute Gasteiger partial charge is 0.469 e. The number of carbonyl (C=O) groups excluding carboxylic acids is 1. The molecule has 0 unspecified atom stereocenters. The lowest BCUT2D eigenvalue weighted by molar-refractivity contribution is -0.119. The molecule has 8 heteroatoms. The minimum Gasteiger partial charge on any atom is -0.469 e. The number of nitrogens with one attached hydrogen (secondary N) is 1. The summed E-state index contributed by atoms with van der Waals surface area (Å²) in [5, 5.41) is 12.8. The van der Waals surface area contributed by atoms with Gasteiger partial charge in [0.15, 0.2) is 11.0 Å². The van der Waals surface area contributed by atoms with Gasteiger partial charge in [0.25, 0.3) is 0 Å². The fraction of sp³-hybridized carbons (Fsp3) is 0.667. The van der Waals surface area contributed by atoms with E-state index in [0.717, 1.165) is 48.2 Å². The average molecular weight is 419 g/mol. The molecule has 4 rings (SSSR count). The molecule has 1 saturated heterocycles. The van der Waals surface area contributed by atoms with Crippen LogP contribution < -0.4 is 5.32 Å². The van der Waals surface area contributed by atoms with E-state index < -0.39 is 0 Å². The molecule has 1 saturated carbocycles. The Morgan fingerprint density at radius 1 is 1.28 bits per heavy atom. The van der Waals surface area contributed by atoms with Crippen molar-refractivity contribution in [3.05, 3.63) is 18.1 Å². The lowest BCUT2D eigenvalue weighted by atomic mass is 9.86. The maximum Gasteiger partial charge on any atom is 0.230 e. The molecule has 3 atom stereocenters. The topological polar surface area (TPSA) is 82.2 Å². The molecular formula is C21H30N4O3S. The maximum absolute atomic E-state index is 12.5. The maximum atomic E-state index is 12.5. The van der Waals surface area contributed by atoms with Crippen LogP contribution in [-0.2, 0) is 16.1 Å². The van der Waals surface area contributed by atoms with Crippen molar-refractivity contribution >= 4 is 17.7 Å². The number of aryl methyl sites for hydroxylation is 1. The highest BCUT2D eigenvalue weighted by molar-refractivity contribution is 7.99. The molecule has 0 bridgehead atoms. The number of hydrogen-bond donors (Lipinski definition) is 1. The minimum absolute atomic E-state index is 0.0708. The summed E-state index contributed by atoms with van der Waals surface area (Å²) in [5.74, 6) is 2.55. The first-order chi connectivity index (χ1) is 14.1. The molecule has 0 radical (unpaired) electrons. The predicted molar refractivity (Wildman–Crippen MR) is 112 cm³/mol. The van der Waals surface area contributed by atoms with E-state index in [4.69, 9.17) is 9.15 Å². The van der Waals surface area contributed by atoms with Gasteiger partial charge in [-0.05, 0) is 44.6 Å². The Balaban J connectivity index is 1.45. The van der Waals surface area contributed by atoms with Crippen LogP contribution in [0.4, 0.5) is 0 Å². The molecule has 0 spiro atoms. The van der Waals surface area contributed by atoms with E-state index in [-0.39, 0.29) is 12.0 Å². The molecule has 2 fully saturated rings. The Hall–Kier alpha value is -1.80. The summed E-state index contributed by atoms with van der Waals surface area (Å²) in [7, 11) is 0. The van der Waals surface area contributed by atoms with Gasteiger partial charge in [0, 0.05) is 12.6 Å². The summed E-state index contributed by atoms with van der Waals surface area (Å²) >= 11 is 1.44. The molecule has 29 heavy (non-hydrogen) atoms.